The lowest BCUT2D eigenvalue weighted by atomic mass is 10.0. The van der Waals surface area contributed by atoms with Crippen molar-refractivity contribution in [2.24, 2.45) is 7.05 Å². The number of imidazole rings is 1. The molecule has 0 spiro atoms. The fourth-order valence-corrected chi connectivity index (χ4v) is 5.15. The Morgan fingerprint density at radius 2 is 0.879 bits per heavy atom. The lowest BCUT2D eigenvalue weighted by Gasteiger charge is -2.05. The van der Waals surface area contributed by atoms with E-state index in [1.165, 1.54) is 166 Å². The molecule has 2 nitrogen and oxygen atoms in total. The van der Waals surface area contributed by atoms with Gasteiger partial charge in [-0.05, 0) is 19.3 Å². The first-order valence-electron chi connectivity index (χ1n) is 15.3. The highest BCUT2D eigenvalue weighted by Crippen LogP contribution is 2.14. The van der Waals surface area contributed by atoms with E-state index in [0.29, 0.717) is 0 Å². The normalized spacial score (nSPS) is 11.5. The van der Waals surface area contributed by atoms with Crippen molar-refractivity contribution in [3.8, 4) is 0 Å². The monoisotopic (exact) mass is 461 g/mol. The minimum atomic E-state index is 1.21. The standard InChI is InChI=1S/C31H61N2/c1-4-6-8-10-12-13-14-15-16-17-18-19-20-22-24-26-28-33-30-29-32(3)31(33)27-25-23-21-11-9-7-5-2/h29-30H,4-28H2,1-3H3/q+1. The molecule has 0 saturated heterocycles. The van der Waals surface area contributed by atoms with E-state index in [1.807, 2.05) is 0 Å². The minimum absolute atomic E-state index is 1.21. The van der Waals surface area contributed by atoms with Gasteiger partial charge in [-0.3, -0.25) is 0 Å². The molecule has 0 amide bonds. The summed E-state index contributed by atoms with van der Waals surface area (Å²) in [6.07, 6.45) is 38.7. The first-order chi connectivity index (χ1) is 16.3. The van der Waals surface area contributed by atoms with Crippen LogP contribution in [0.4, 0.5) is 0 Å². The molecular weight excluding hydrogens is 400 g/mol. The van der Waals surface area contributed by atoms with Gasteiger partial charge in [0.25, 0.3) is 5.82 Å². The Bertz CT molecular complexity index is 519. The van der Waals surface area contributed by atoms with Crippen LogP contribution in [0.2, 0.25) is 0 Å². The number of aromatic nitrogens is 2. The van der Waals surface area contributed by atoms with Gasteiger partial charge in [0.05, 0.1) is 13.6 Å². The van der Waals surface area contributed by atoms with Crippen molar-refractivity contribution in [2.75, 3.05) is 0 Å². The Labute approximate surface area is 208 Å². The number of aryl methyl sites for hydroxylation is 2. The summed E-state index contributed by atoms with van der Waals surface area (Å²) in [5.74, 6) is 1.53. The highest BCUT2D eigenvalue weighted by atomic mass is 15.1. The van der Waals surface area contributed by atoms with Crippen molar-refractivity contribution in [2.45, 2.75) is 174 Å². The summed E-state index contributed by atoms with van der Waals surface area (Å²) in [6, 6.07) is 0. The van der Waals surface area contributed by atoms with Gasteiger partial charge in [-0.1, -0.05) is 142 Å². The average molecular weight is 462 g/mol. The van der Waals surface area contributed by atoms with Crippen LogP contribution in [0.25, 0.3) is 0 Å². The van der Waals surface area contributed by atoms with Crippen LogP contribution in [0.5, 0.6) is 0 Å². The molecule has 0 aromatic carbocycles. The molecule has 1 heterocycles. The minimum Gasteiger partial charge on any atom is -0.237 e. The van der Waals surface area contributed by atoms with Crippen LogP contribution >= 0.6 is 0 Å². The SMILES string of the molecule is CCCCCCCCCCCCCCCCCCn1cc[n+](C)c1CCCCCCCCC. The van der Waals surface area contributed by atoms with Gasteiger partial charge in [0, 0.05) is 6.42 Å². The molecule has 194 valence electrons. The zero-order valence-electron chi connectivity index (χ0n) is 23.2. The molecule has 1 aromatic rings. The molecule has 2 heteroatoms. The Morgan fingerprint density at radius 3 is 1.30 bits per heavy atom. The summed E-state index contributed by atoms with van der Waals surface area (Å²) >= 11 is 0. The predicted octanol–water partition coefficient (Wildman–Crippen LogP) is 9.87. The Morgan fingerprint density at radius 1 is 0.515 bits per heavy atom. The van der Waals surface area contributed by atoms with Crippen molar-refractivity contribution < 1.29 is 4.57 Å². The third kappa shape index (κ3) is 17.3. The molecule has 0 N–H and O–H groups in total. The molecular formula is C31H61N2+. The van der Waals surface area contributed by atoms with Crippen molar-refractivity contribution in [3.63, 3.8) is 0 Å². The number of rotatable bonds is 25. The first-order valence-corrected chi connectivity index (χ1v) is 15.3. The van der Waals surface area contributed by atoms with Gasteiger partial charge in [-0.25, -0.2) is 9.13 Å². The second-order valence-corrected chi connectivity index (χ2v) is 10.7. The quantitative estimate of drug-likeness (QED) is 0.101. The van der Waals surface area contributed by atoms with E-state index >= 15 is 0 Å². The van der Waals surface area contributed by atoms with Crippen LogP contribution < -0.4 is 4.57 Å². The van der Waals surface area contributed by atoms with Crippen LogP contribution in [0.3, 0.4) is 0 Å². The summed E-state index contributed by atoms with van der Waals surface area (Å²) in [5.41, 5.74) is 0. The number of unbranched alkanes of at least 4 members (excludes halogenated alkanes) is 21. The average Bonchev–Trinajstić information content (AvgIpc) is 3.17. The van der Waals surface area contributed by atoms with Crippen molar-refractivity contribution in [1.29, 1.82) is 0 Å². The molecule has 0 aliphatic carbocycles. The van der Waals surface area contributed by atoms with E-state index < -0.39 is 0 Å². The van der Waals surface area contributed by atoms with Crippen molar-refractivity contribution in [3.05, 3.63) is 18.2 Å². The van der Waals surface area contributed by atoms with Gasteiger partial charge in [0.15, 0.2) is 0 Å². The summed E-state index contributed by atoms with van der Waals surface area (Å²) in [6.45, 7) is 5.82. The fourth-order valence-electron chi connectivity index (χ4n) is 5.15. The maximum absolute atomic E-state index is 2.53. The van der Waals surface area contributed by atoms with E-state index in [2.05, 4.69) is 42.4 Å². The first kappa shape index (κ1) is 30.2. The summed E-state index contributed by atoms with van der Waals surface area (Å²) < 4.78 is 4.88. The van der Waals surface area contributed by atoms with Gasteiger partial charge in [0.2, 0.25) is 0 Å². The highest BCUT2D eigenvalue weighted by Gasteiger charge is 2.13. The highest BCUT2D eigenvalue weighted by molar-refractivity contribution is 4.84. The lowest BCUT2D eigenvalue weighted by Crippen LogP contribution is -2.32. The van der Waals surface area contributed by atoms with E-state index in [4.69, 9.17) is 0 Å². The van der Waals surface area contributed by atoms with Crippen LogP contribution in [-0.4, -0.2) is 4.57 Å². The van der Waals surface area contributed by atoms with Crippen LogP contribution in [0, 0.1) is 0 Å². The molecule has 0 saturated carbocycles. The van der Waals surface area contributed by atoms with Crippen LogP contribution in [0.15, 0.2) is 12.4 Å². The van der Waals surface area contributed by atoms with E-state index in [-0.39, 0.29) is 0 Å². The van der Waals surface area contributed by atoms with Gasteiger partial charge in [-0.15, -0.1) is 0 Å². The predicted molar refractivity (Wildman–Crippen MR) is 147 cm³/mol. The summed E-state index contributed by atoms with van der Waals surface area (Å²) in [5, 5.41) is 0. The molecule has 0 aliphatic rings. The zero-order chi connectivity index (χ0) is 23.8. The topological polar surface area (TPSA) is 8.81 Å². The van der Waals surface area contributed by atoms with Gasteiger partial charge < -0.3 is 0 Å². The van der Waals surface area contributed by atoms with Gasteiger partial charge >= 0.3 is 0 Å². The largest absolute Gasteiger partial charge is 0.256 e. The van der Waals surface area contributed by atoms with Gasteiger partial charge in [0.1, 0.15) is 12.4 Å². The zero-order valence-corrected chi connectivity index (χ0v) is 23.2. The molecule has 1 rings (SSSR count). The Kier molecular flexibility index (Phi) is 21.1. The van der Waals surface area contributed by atoms with Crippen molar-refractivity contribution in [1.82, 2.24) is 4.57 Å². The second-order valence-electron chi connectivity index (χ2n) is 10.7. The third-order valence-electron chi connectivity index (χ3n) is 7.47. The summed E-state index contributed by atoms with van der Waals surface area (Å²) in [4.78, 5) is 0. The molecule has 0 bridgehead atoms. The maximum atomic E-state index is 2.53. The molecule has 1 aromatic heterocycles. The van der Waals surface area contributed by atoms with Gasteiger partial charge in [-0.2, -0.15) is 0 Å². The number of nitrogens with zero attached hydrogens (tertiary/aromatic N) is 2. The molecule has 0 aliphatic heterocycles. The molecule has 0 unspecified atom stereocenters. The van der Waals surface area contributed by atoms with Crippen LogP contribution in [-0.2, 0) is 20.0 Å². The second kappa shape index (κ2) is 23.0. The molecule has 0 radical (unpaired) electrons. The fraction of sp³-hybridized carbons (Fsp3) is 0.903. The molecule has 0 fully saturated rings. The molecule has 0 atom stereocenters. The van der Waals surface area contributed by atoms with E-state index in [0.717, 1.165) is 0 Å². The van der Waals surface area contributed by atoms with Crippen LogP contribution in [0.1, 0.15) is 167 Å². The third-order valence-corrected chi connectivity index (χ3v) is 7.47. The van der Waals surface area contributed by atoms with Crippen molar-refractivity contribution >= 4 is 0 Å². The van der Waals surface area contributed by atoms with E-state index in [9.17, 15) is 0 Å². The number of hydrogen-bond acceptors (Lipinski definition) is 0. The summed E-state index contributed by atoms with van der Waals surface area (Å²) in [7, 11) is 2.22. The number of hydrogen-bond donors (Lipinski definition) is 0. The Hall–Kier alpha value is -0.790. The van der Waals surface area contributed by atoms with E-state index in [1.54, 1.807) is 0 Å². The Balaban J connectivity index is 1.92. The maximum Gasteiger partial charge on any atom is 0.256 e. The molecule has 33 heavy (non-hydrogen) atoms. The lowest BCUT2D eigenvalue weighted by molar-refractivity contribution is -0.678. The smallest absolute Gasteiger partial charge is 0.237 e.